The van der Waals surface area contributed by atoms with Crippen LogP contribution in [0.25, 0.3) is 0 Å². The normalized spacial score (nSPS) is 34.0. The molecule has 4 unspecified atom stereocenters. The molecule has 1 aliphatic heterocycles. The molecule has 0 saturated carbocycles. The van der Waals surface area contributed by atoms with E-state index in [0.29, 0.717) is 0 Å². The van der Waals surface area contributed by atoms with E-state index in [1.807, 2.05) is 0 Å². The first-order valence-electron chi connectivity index (χ1n) is 5.91. The largest absolute Gasteiger partial charge is 0.380 e. The van der Waals surface area contributed by atoms with Gasteiger partial charge in [-0.3, -0.25) is 19.9 Å². The van der Waals surface area contributed by atoms with Gasteiger partial charge in [-0.1, -0.05) is 0 Å². The van der Waals surface area contributed by atoms with Gasteiger partial charge in [-0.15, -0.1) is 0 Å². The summed E-state index contributed by atoms with van der Waals surface area (Å²) < 4.78 is 19.4. The van der Waals surface area contributed by atoms with Gasteiger partial charge in [-0.25, -0.2) is 4.39 Å². The molecular weight excluding hydrogens is 271 g/mol. The molecule has 1 aliphatic rings. The SMILES string of the molecule is CC1OC(c2ccncc2[N+](=O)[O-])C(F)C(=O)C1(C)O. The molecule has 0 aliphatic carbocycles. The van der Waals surface area contributed by atoms with Crippen molar-refractivity contribution >= 4 is 11.5 Å². The van der Waals surface area contributed by atoms with Crippen molar-refractivity contribution < 1.29 is 24.0 Å². The monoisotopic (exact) mass is 284 g/mol. The summed E-state index contributed by atoms with van der Waals surface area (Å²) in [5.74, 6) is -1.05. The highest BCUT2D eigenvalue weighted by molar-refractivity contribution is 5.92. The van der Waals surface area contributed by atoms with Crippen molar-refractivity contribution in [2.24, 2.45) is 0 Å². The van der Waals surface area contributed by atoms with Crippen LogP contribution >= 0.6 is 0 Å². The number of nitro groups is 1. The van der Waals surface area contributed by atoms with Crippen LogP contribution in [0.15, 0.2) is 18.5 Å². The van der Waals surface area contributed by atoms with Crippen LogP contribution in [0, 0.1) is 10.1 Å². The Labute approximate surface area is 113 Å². The highest BCUT2D eigenvalue weighted by atomic mass is 19.1. The average molecular weight is 284 g/mol. The number of Topliss-reactive ketones (excluding diaryl/α,β-unsaturated/α-hetero) is 1. The molecule has 0 amide bonds. The summed E-state index contributed by atoms with van der Waals surface area (Å²) in [6.45, 7) is 2.56. The van der Waals surface area contributed by atoms with Crippen LogP contribution < -0.4 is 0 Å². The predicted molar refractivity (Wildman–Crippen MR) is 64.7 cm³/mol. The van der Waals surface area contributed by atoms with E-state index in [9.17, 15) is 24.4 Å². The minimum atomic E-state index is -2.18. The van der Waals surface area contributed by atoms with Crippen molar-refractivity contribution in [3.8, 4) is 0 Å². The summed E-state index contributed by atoms with van der Waals surface area (Å²) in [6, 6.07) is 1.23. The van der Waals surface area contributed by atoms with Gasteiger partial charge >= 0.3 is 0 Å². The minimum absolute atomic E-state index is 0.0757. The molecule has 108 valence electrons. The second kappa shape index (κ2) is 4.88. The van der Waals surface area contributed by atoms with Gasteiger partial charge in [0.1, 0.15) is 17.9 Å². The van der Waals surface area contributed by atoms with Crippen molar-refractivity contribution in [3.63, 3.8) is 0 Å². The fourth-order valence-electron chi connectivity index (χ4n) is 2.06. The summed E-state index contributed by atoms with van der Waals surface area (Å²) in [5, 5.41) is 20.8. The third-order valence-electron chi connectivity index (χ3n) is 3.49. The molecule has 1 N–H and O–H groups in total. The van der Waals surface area contributed by atoms with E-state index in [1.165, 1.54) is 19.2 Å². The van der Waals surface area contributed by atoms with Crippen molar-refractivity contribution in [1.82, 2.24) is 4.98 Å². The Morgan fingerprint density at radius 1 is 1.60 bits per heavy atom. The second-order valence-corrected chi connectivity index (χ2v) is 4.80. The van der Waals surface area contributed by atoms with Crippen molar-refractivity contribution in [2.75, 3.05) is 0 Å². The first kappa shape index (κ1) is 14.5. The third-order valence-corrected chi connectivity index (χ3v) is 3.49. The Bertz CT molecular complexity index is 563. The van der Waals surface area contributed by atoms with Crippen molar-refractivity contribution in [3.05, 3.63) is 34.1 Å². The van der Waals surface area contributed by atoms with Gasteiger partial charge in [0, 0.05) is 6.20 Å². The zero-order valence-corrected chi connectivity index (χ0v) is 10.8. The van der Waals surface area contributed by atoms with Gasteiger partial charge in [-0.2, -0.15) is 0 Å². The molecule has 0 bridgehead atoms. The van der Waals surface area contributed by atoms with E-state index in [1.54, 1.807) is 0 Å². The third kappa shape index (κ3) is 2.16. The van der Waals surface area contributed by atoms with Crippen LogP contribution in [0.3, 0.4) is 0 Å². The Balaban J connectivity index is 2.44. The number of hydrogen-bond acceptors (Lipinski definition) is 6. The minimum Gasteiger partial charge on any atom is -0.380 e. The molecular formula is C12H13FN2O5. The number of rotatable bonds is 2. The molecule has 0 aromatic carbocycles. The Kier molecular flexibility index (Phi) is 3.53. The zero-order valence-electron chi connectivity index (χ0n) is 10.8. The first-order valence-corrected chi connectivity index (χ1v) is 5.91. The molecule has 7 nitrogen and oxygen atoms in total. The number of pyridine rings is 1. The lowest BCUT2D eigenvalue weighted by atomic mass is 9.85. The van der Waals surface area contributed by atoms with Crippen LogP contribution in [-0.4, -0.2) is 38.7 Å². The lowest BCUT2D eigenvalue weighted by molar-refractivity contribution is -0.386. The number of hydrogen-bond donors (Lipinski definition) is 1. The number of aromatic nitrogens is 1. The number of aliphatic hydroxyl groups is 1. The lowest BCUT2D eigenvalue weighted by Crippen LogP contribution is -2.57. The lowest BCUT2D eigenvalue weighted by Gasteiger charge is -2.39. The average Bonchev–Trinajstić information content (AvgIpc) is 2.41. The number of alkyl halides is 1. The topological polar surface area (TPSA) is 103 Å². The molecule has 8 heteroatoms. The number of carbonyl (C=O) groups excluding carboxylic acids is 1. The zero-order chi connectivity index (χ0) is 15.1. The van der Waals surface area contributed by atoms with Crippen molar-refractivity contribution in [2.45, 2.75) is 37.8 Å². The van der Waals surface area contributed by atoms with E-state index in [4.69, 9.17) is 4.74 Å². The van der Waals surface area contributed by atoms with Crippen LogP contribution in [0.2, 0.25) is 0 Å². The number of ketones is 1. The van der Waals surface area contributed by atoms with Crippen LogP contribution in [0.1, 0.15) is 25.5 Å². The number of ether oxygens (including phenoxy) is 1. The highest BCUT2D eigenvalue weighted by Crippen LogP contribution is 2.39. The molecule has 2 rings (SSSR count). The molecule has 2 heterocycles. The maximum absolute atomic E-state index is 14.2. The molecule has 20 heavy (non-hydrogen) atoms. The summed E-state index contributed by atoms with van der Waals surface area (Å²) in [7, 11) is 0. The van der Waals surface area contributed by atoms with Gasteiger partial charge in [0.15, 0.2) is 6.17 Å². The summed E-state index contributed by atoms with van der Waals surface area (Å²) in [5.41, 5.74) is -2.47. The summed E-state index contributed by atoms with van der Waals surface area (Å²) in [4.78, 5) is 25.6. The van der Waals surface area contributed by atoms with Gasteiger partial charge in [0.25, 0.3) is 5.69 Å². The van der Waals surface area contributed by atoms with Gasteiger partial charge in [0.2, 0.25) is 5.78 Å². The fraction of sp³-hybridized carbons (Fsp3) is 0.500. The Morgan fingerprint density at radius 3 is 2.85 bits per heavy atom. The smallest absolute Gasteiger partial charge is 0.293 e. The standard InChI is InChI=1S/C12H13FN2O5/c1-6-12(2,17)11(16)9(13)10(20-6)7-3-4-14-5-8(7)15(18)19/h3-6,9-10,17H,1-2H3. The van der Waals surface area contributed by atoms with E-state index in [0.717, 1.165) is 13.1 Å². The van der Waals surface area contributed by atoms with Gasteiger partial charge < -0.3 is 9.84 Å². The first-order chi connectivity index (χ1) is 9.26. The number of nitrogens with zero attached hydrogens (tertiary/aromatic N) is 2. The van der Waals surface area contributed by atoms with E-state index in [2.05, 4.69) is 4.98 Å². The second-order valence-electron chi connectivity index (χ2n) is 4.80. The van der Waals surface area contributed by atoms with E-state index in [-0.39, 0.29) is 5.56 Å². The molecule has 1 aromatic heterocycles. The molecule has 0 spiro atoms. The molecule has 1 saturated heterocycles. The fourth-order valence-corrected chi connectivity index (χ4v) is 2.06. The van der Waals surface area contributed by atoms with Gasteiger partial charge in [0.05, 0.1) is 16.6 Å². The molecule has 0 radical (unpaired) electrons. The quantitative estimate of drug-likeness (QED) is 0.644. The van der Waals surface area contributed by atoms with Gasteiger partial charge in [-0.05, 0) is 19.9 Å². The van der Waals surface area contributed by atoms with Crippen LogP contribution in [0.4, 0.5) is 10.1 Å². The number of halogens is 1. The molecule has 1 fully saturated rings. The Hall–Kier alpha value is -1.93. The molecule has 4 atom stereocenters. The van der Waals surface area contributed by atoms with Crippen molar-refractivity contribution in [1.29, 1.82) is 0 Å². The number of carbonyl (C=O) groups is 1. The molecule has 1 aromatic rings. The van der Waals surface area contributed by atoms with E-state index >= 15 is 0 Å². The van der Waals surface area contributed by atoms with E-state index < -0.39 is 40.4 Å². The maximum atomic E-state index is 14.2. The summed E-state index contributed by atoms with van der Waals surface area (Å²) >= 11 is 0. The Morgan fingerprint density at radius 2 is 2.25 bits per heavy atom. The highest BCUT2D eigenvalue weighted by Gasteiger charge is 2.52. The maximum Gasteiger partial charge on any atom is 0.293 e. The van der Waals surface area contributed by atoms with Crippen LogP contribution in [-0.2, 0) is 9.53 Å². The summed E-state index contributed by atoms with van der Waals surface area (Å²) in [6.07, 6.45) is -2.38. The predicted octanol–water partition coefficient (Wildman–Crippen LogP) is 1.11. The van der Waals surface area contributed by atoms with Crippen LogP contribution in [0.5, 0.6) is 0 Å².